The van der Waals surface area contributed by atoms with Gasteiger partial charge in [-0.05, 0) is 44.4 Å². The van der Waals surface area contributed by atoms with Crippen LogP contribution >= 0.6 is 11.6 Å². The van der Waals surface area contributed by atoms with Crippen LogP contribution in [0.2, 0.25) is 5.02 Å². The van der Waals surface area contributed by atoms with Crippen LogP contribution in [0.4, 0.5) is 0 Å². The molecule has 1 aromatic rings. The molecule has 0 aliphatic carbocycles. The van der Waals surface area contributed by atoms with Crippen LogP contribution in [0.1, 0.15) is 38.4 Å². The summed E-state index contributed by atoms with van der Waals surface area (Å²) < 4.78 is 5.93. The molecule has 0 radical (unpaired) electrons. The molecule has 0 N–H and O–H groups in total. The van der Waals surface area contributed by atoms with Crippen molar-refractivity contribution in [2.75, 3.05) is 0 Å². The SMILES string of the molecule is CC1(C)CCC(c2ccc(Cl)cc2)O1. The fourth-order valence-corrected chi connectivity index (χ4v) is 2.02. The average molecular weight is 211 g/mol. The monoisotopic (exact) mass is 210 g/mol. The van der Waals surface area contributed by atoms with Crippen LogP contribution in [-0.4, -0.2) is 5.60 Å². The van der Waals surface area contributed by atoms with E-state index in [1.54, 1.807) is 0 Å². The van der Waals surface area contributed by atoms with Gasteiger partial charge in [0.25, 0.3) is 0 Å². The molecule has 1 unspecified atom stereocenters. The highest BCUT2D eigenvalue weighted by atomic mass is 35.5. The van der Waals surface area contributed by atoms with E-state index in [0.717, 1.165) is 17.9 Å². The van der Waals surface area contributed by atoms with Crippen molar-refractivity contribution in [3.05, 3.63) is 34.9 Å². The molecule has 14 heavy (non-hydrogen) atoms. The van der Waals surface area contributed by atoms with E-state index in [9.17, 15) is 0 Å². The summed E-state index contributed by atoms with van der Waals surface area (Å²) in [5.74, 6) is 0. The first-order valence-electron chi connectivity index (χ1n) is 5.00. The third kappa shape index (κ3) is 2.10. The molecule has 1 atom stereocenters. The summed E-state index contributed by atoms with van der Waals surface area (Å²) >= 11 is 5.83. The summed E-state index contributed by atoms with van der Waals surface area (Å²) in [6.07, 6.45) is 2.48. The molecule has 1 fully saturated rings. The molecule has 0 aromatic heterocycles. The van der Waals surface area contributed by atoms with Crippen molar-refractivity contribution >= 4 is 11.6 Å². The summed E-state index contributed by atoms with van der Waals surface area (Å²) in [7, 11) is 0. The van der Waals surface area contributed by atoms with Crippen molar-refractivity contribution in [2.24, 2.45) is 0 Å². The first-order chi connectivity index (χ1) is 6.57. The molecular formula is C12H15ClO. The number of hydrogen-bond donors (Lipinski definition) is 0. The summed E-state index contributed by atoms with van der Waals surface area (Å²) in [6.45, 7) is 4.28. The number of halogens is 1. The van der Waals surface area contributed by atoms with Gasteiger partial charge in [0.1, 0.15) is 0 Å². The molecule has 0 bridgehead atoms. The molecule has 0 spiro atoms. The fourth-order valence-electron chi connectivity index (χ4n) is 1.89. The smallest absolute Gasteiger partial charge is 0.0833 e. The van der Waals surface area contributed by atoms with E-state index in [1.165, 1.54) is 5.56 Å². The second kappa shape index (κ2) is 3.56. The second-order valence-corrected chi connectivity index (χ2v) is 4.89. The maximum Gasteiger partial charge on any atom is 0.0833 e. The Morgan fingerprint density at radius 2 is 1.93 bits per heavy atom. The highest BCUT2D eigenvalue weighted by Gasteiger charge is 2.32. The predicted octanol–water partition coefficient (Wildman–Crippen LogP) is 3.97. The van der Waals surface area contributed by atoms with Gasteiger partial charge in [-0.1, -0.05) is 23.7 Å². The lowest BCUT2D eigenvalue weighted by molar-refractivity contribution is -0.0163. The molecule has 1 heterocycles. The molecule has 1 nitrogen and oxygen atoms in total. The lowest BCUT2D eigenvalue weighted by atomic mass is 10.0. The Balaban J connectivity index is 2.14. The zero-order valence-corrected chi connectivity index (χ0v) is 9.34. The Hall–Kier alpha value is -0.530. The number of benzene rings is 1. The highest BCUT2D eigenvalue weighted by molar-refractivity contribution is 6.30. The minimum atomic E-state index is 0.0320. The Morgan fingerprint density at radius 1 is 1.29 bits per heavy atom. The molecular weight excluding hydrogens is 196 g/mol. The van der Waals surface area contributed by atoms with Crippen molar-refractivity contribution in [3.63, 3.8) is 0 Å². The molecule has 1 aliphatic rings. The Kier molecular flexibility index (Phi) is 2.54. The minimum Gasteiger partial charge on any atom is -0.368 e. The van der Waals surface area contributed by atoms with Gasteiger partial charge in [-0.15, -0.1) is 0 Å². The quantitative estimate of drug-likeness (QED) is 0.682. The summed E-state index contributed by atoms with van der Waals surface area (Å²) in [6, 6.07) is 7.94. The second-order valence-electron chi connectivity index (χ2n) is 4.46. The Morgan fingerprint density at radius 3 is 2.43 bits per heavy atom. The molecule has 1 saturated heterocycles. The minimum absolute atomic E-state index is 0.0320. The van der Waals surface area contributed by atoms with Crippen LogP contribution in [0.15, 0.2) is 24.3 Å². The van der Waals surface area contributed by atoms with E-state index in [-0.39, 0.29) is 11.7 Å². The van der Waals surface area contributed by atoms with Crippen molar-refractivity contribution in [1.29, 1.82) is 0 Å². The summed E-state index contributed by atoms with van der Waals surface area (Å²) in [5, 5.41) is 0.783. The van der Waals surface area contributed by atoms with Crippen LogP contribution in [0.5, 0.6) is 0 Å². The maximum atomic E-state index is 5.93. The standard InChI is InChI=1S/C12H15ClO/c1-12(2)8-7-11(14-12)9-3-5-10(13)6-4-9/h3-6,11H,7-8H2,1-2H3. The summed E-state index contributed by atoms with van der Waals surface area (Å²) in [5.41, 5.74) is 1.27. The van der Waals surface area contributed by atoms with E-state index in [2.05, 4.69) is 26.0 Å². The Labute approximate surface area is 90.0 Å². The van der Waals surface area contributed by atoms with Crippen molar-refractivity contribution in [3.8, 4) is 0 Å². The van der Waals surface area contributed by atoms with Crippen molar-refractivity contribution in [1.82, 2.24) is 0 Å². The lowest BCUT2D eigenvalue weighted by Crippen LogP contribution is -2.17. The van der Waals surface area contributed by atoms with Gasteiger partial charge in [-0.25, -0.2) is 0 Å². The number of ether oxygens (including phenoxy) is 1. The molecule has 0 saturated carbocycles. The largest absolute Gasteiger partial charge is 0.368 e. The first kappa shape index (κ1) is 10.0. The average Bonchev–Trinajstić information content (AvgIpc) is 2.47. The molecule has 1 aromatic carbocycles. The lowest BCUT2D eigenvalue weighted by Gasteiger charge is -2.19. The van der Waals surface area contributed by atoms with E-state index >= 15 is 0 Å². The van der Waals surface area contributed by atoms with E-state index in [1.807, 2.05) is 12.1 Å². The zero-order valence-electron chi connectivity index (χ0n) is 8.59. The van der Waals surface area contributed by atoms with Crippen molar-refractivity contribution in [2.45, 2.75) is 38.4 Å². The zero-order chi connectivity index (χ0) is 10.2. The van der Waals surface area contributed by atoms with Crippen LogP contribution in [0, 0.1) is 0 Å². The van der Waals surface area contributed by atoms with E-state index in [4.69, 9.17) is 16.3 Å². The van der Waals surface area contributed by atoms with Crippen LogP contribution in [-0.2, 0) is 4.74 Å². The third-order valence-corrected chi connectivity index (χ3v) is 2.96. The summed E-state index contributed by atoms with van der Waals surface area (Å²) in [4.78, 5) is 0. The van der Waals surface area contributed by atoms with Gasteiger partial charge in [-0.2, -0.15) is 0 Å². The molecule has 0 amide bonds. The number of hydrogen-bond acceptors (Lipinski definition) is 1. The van der Waals surface area contributed by atoms with Crippen LogP contribution in [0.3, 0.4) is 0 Å². The van der Waals surface area contributed by atoms with Crippen LogP contribution < -0.4 is 0 Å². The maximum absolute atomic E-state index is 5.93. The van der Waals surface area contributed by atoms with E-state index in [0.29, 0.717) is 0 Å². The van der Waals surface area contributed by atoms with Gasteiger partial charge >= 0.3 is 0 Å². The third-order valence-electron chi connectivity index (χ3n) is 2.71. The molecule has 2 rings (SSSR count). The first-order valence-corrected chi connectivity index (χ1v) is 5.38. The predicted molar refractivity (Wildman–Crippen MR) is 58.6 cm³/mol. The van der Waals surface area contributed by atoms with Gasteiger partial charge in [0, 0.05) is 5.02 Å². The Bertz CT molecular complexity index is 316. The normalized spacial score (nSPS) is 25.2. The fraction of sp³-hybridized carbons (Fsp3) is 0.500. The van der Waals surface area contributed by atoms with Gasteiger partial charge in [-0.3, -0.25) is 0 Å². The molecule has 1 aliphatic heterocycles. The molecule has 2 heteroatoms. The van der Waals surface area contributed by atoms with Gasteiger partial charge in [0.2, 0.25) is 0 Å². The number of rotatable bonds is 1. The van der Waals surface area contributed by atoms with Gasteiger partial charge in [0.15, 0.2) is 0 Å². The van der Waals surface area contributed by atoms with Gasteiger partial charge in [0.05, 0.1) is 11.7 Å². The highest BCUT2D eigenvalue weighted by Crippen LogP contribution is 2.38. The topological polar surface area (TPSA) is 9.23 Å². The van der Waals surface area contributed by atoms with E-state index < -0.39 is 0 Å². The molecule has 76 valence electrons. The van der Waals surface area contributed by atoms with Crippen molar-refractivity contribution < 1.29 is 4.74 Å². The van der Waals surface area contributed by atoms with Gasteiger partial charge < -0.3 is 4.74 Å². The van der Waals surface area contributed by atoms with Crippen LogP contribution in [0.25, 0.3) is 0 Å².